The largest absolute Gasteiger partial charge is 0.441 e. The number of rotatable bonds is 6. The molecule has 2 amide bonds. The van der Waals surface area contributed by atoms with Gasteiger partial charge in [0.2, 0.25) is 5.91 Å². The second-order valence-corrected chi connectivity index (χ2v) is 13.3. The lowest BCUT2D eigenvalue weighted by atomic mass is 9.80. The summed E-state index contributed by atoms with van der Waals surface area (Å²) in [6.07, 6.45) is 2.66. The average molecular weight is 607 g/mol. The van der Waals surface area contributed by atoms with E-state index >= 15 is 0 Å². The lowest BCUT2D eigenvalue weighted by Crippen LogP contribution is -2.51. The maximum absolute atomic E-state index is 13.3. The van der Waals surface area contributed by atoms with Gasteiger partial charge in [-0.1, -0.05) is 12.1 Å². The number of alkyl halides is 3. The smallest absolute Gasteiger partial charge is 0.416 e. The summed E-state index contributed by atoms with van der Waals surface area (Å²) in [5.41, 5.74) is -0.263. The van der Waals surface area contributed by atoms with E-state index in [1.165, 1.54) is 0 Å². The minimum absolute atomic E-state index is 0.0991. The van der Waals surface area contributed by atoms with Crippen molar-refractivity contribution >= 4 is 12.0 Å². The molecule has 1 aliphatic carbocycles. The van der Waals surface area contributed by atoms with Gasteiger partial charge in [-0.3, -0.25) is 14.6 Å². The zero-order valence-electron chi connectivity index (χ0n) is 25.0. The Labute approximate surface area is 252 Å². The molecule has 0 aromatic heterocycles. The van der Waals surface area contributed by atoms with Crippen LogP contribution in [0.3, 0.4) is 0 Å². The van der Waals surface area contributed by atoms with Crippen molar-refractivity contribution in [2.45, 2.75) is 75.7 Å². The molecule has 6 rings (SSSR count). The number of amides is 2. The molecule has 5 fully saturated rings. The van der Waals surface area contributed by atoms with E-state index in [1.807, 2.05) is 4.90 Å². The van der Waals surface area contributed by atoms with Crippen LogP contribution in [0, 0.1) is 11.8 Å². The van der Waals surface area contributed by atoms with Crippen molar-refractivity contribution in [3.8, 4) is 0 Å². The maximum Gasteiger partial charge on any atom is 0.416 e. The third-order valence-corrected chi connectivity index (χ3v) is 10.5. The van der Waals surface area contributed by atoms with E-state index in [1.54, 1.807) is 12.1 Å². The van der Waals surface area contributed by atoms with Crippen LogP contribution in [0.1, 0.15) is 62.5 Å². The van der Waals surface area contributed by atoms with Gasteiger partial charge in [-0.25, -0.2) is 4.79 Å². The lowest BCUT2D eigenvalue weighted by molar-refractivity contribution is -0.139. The molecule has 8 nitrogen and oxygen atoms in total. The zero-order chi connectivity index (χ0) is 30.0. The Morgan fingerprint density at radius 2 is 1.53 bits per heavy atom. The minimum atomic E-state index is -4.33. The normalized spacial score (nSPS) is 27.9. The standard InChI is InChI=1S/C32H45F3N4O4/c33-32(34,35)27-7-3-24(4-8-27)21-36-15-11-31(12-16-36)23-39(30(41)43-31)22-25-1-5-26(6-2-25)29(40)38-13-9-28(10-14-38)37-17-19-42-20-18-37/h3-4,7-8,25-26,28H,1-2,5-6,9-23H2/t25-,26-. The Morgan fingerprint density at radius 3 is 2.16 bits per heavy atom. The van der Waals surface area contributed by atoms with Gasteiger partial charge in [-0.05, 0) is 62.1 Å². The van der Waals surface area contributed by atoms with Crippen molar-refractivity contribution in [1.82, 2.24) is 19.6 Å². The zero-order valence-corrected chi connectivity index (χ0v) is 25.0. The number of benzene rings is 1. The minimum Gasteiger partial charge on any atom is -0.441 e. The Morgan fingerprint density at radius 1 is 0.884 bits per heavy atom. The summed E-state index contributed by atoms with van der Waals surface area (Å²) in [6, 6.07) is 5.92. The molecule has 1 spiro atoms. The predicted octanol–water partition coefficient (Wildman–Crippen LogP) is 4.62. The lowest BCUT2D eigenvalue weighted by Gasteiger charge is -2.41. The van der Waals surface area contributed by atoms with Crippen molar-refractivity contribution in [3.63, 3.8) is 0 Å². The Kier molecular flexibility index (Phi) is 9.22. The van der Waals surface area contributed by atoms with Gasteiger partial charge in [0.1, 0.15) is 5.60 Å². The number of nitrogens with zero attached hydrogens (tertiary/aromatic N) is 4. The molecule has 11 heteroatoms. The first-order valence-electron chi connectivity index (χ1n) is 16.1. The Bertz CT molecular complexity index is 1100. The molecular formula is C32H45F3N4O4. The summed E-state index contributed by atoms with van der Waals surface area (Å²) in [7, 11) is 0. The van der Waals surface area contributed by atoms with Crippen LogP contribution in [-0.2, 0) is 27.0 Å². The first kappa shape index (κ1) is 30.6. The Balaban J connectivity index is 0.911. The maximum atomic E-state index is 13.3. The van der Waals surface area contributed by atoms with Gasteiger partial charge in [0.15, 0.2) is 0 Å². The first-order valence-corrected chi connectivity index (χ1v) is 16.1. The number of likely N-dealkylation sites (tertiary alicyclic amines) is 2. The molecule has 1 aromatic carbocycles. The van der Waals surface area contributed by atoms with Crippen molar-refractivity contribution in [3.05, 3.63) is 35.4 Å². The number of ether oxygens (including phenoxy) is 2. The van der Waals surface area contributed by atoms with E-state index < -0.39 is 17.3 Å². The highest BCUT2D eigenvalue weighted by molar-refractivity contribution is 5.79. The first-order chi connectivity index (χ1) is 20.7. The molecule has 0 unspecified atom stereocenters. The summed E-state index contributed by atoms with van der Waals surface area (Å²) >= 11 is 0. The summed E-state index contributed by atoms with van der Waals surface area (Å²) in [5.74, 6) is 0.807. The van der Waals surface area contributed by atoms with Gasteiger partial charge in [0, 0.05) is 77.2 Å². The van der Waals surface area contributed by atoms with Crippen LogP contribution in [0.5, 0.6) is 0 Å². The molecule has 1 saturated carbocycles. The fourth-order valence-corrected chi connectivity index (χ4v) is 7.83. The van der Waals surface area contributed by atoms with Crippen LogP contribution < -0.4 is 0 Å². The molecule has 4 aliphatic heterocycles. The second-order valence-electron chi connectivity index (χ2n) is 13.3. The van der Waals surface area contributed by atoms with Crippen molar-refractivity contribution in [1.29, 1.82) is 0 Å². The number of carbonyl (C=O) groups excluding carboxylic acids is 2. The van der Waals surface area contributed by atoms with E-state index in [4.69, 9.17) is 9.47 Å². The number of morpholine rings is 1. The van der Waals surface area contributed by atoms with E-state index in [2.05, 4.69) is 14.7 Å². The van der Waals surface area contributed by atoms with Crippen LogP contribution in [0.15, 0.2) is 24.3 Å². The van der Waals surface area contributed by atoms with Gasteiger partial charge in [-0.2, -0.15) is 13.2 Å². The molecular weight excluding hydrogens is 561 g/mol. The SMILES string of the molecule is O=C1OC2(CCN(Cc3ccc(C(F)(F)F)cc3)CC2)CN1C[C@H]1CC[C@H](C(=O)N2CCC(N3CCOCC3)CC2)CC1. The second kappa shape index (κ2) is 12.9. The van der Waals surface area contributed by atoms with Gasteiger partial charge < -0.3 is 19.3 Å². The van der Waals surface area contributed by atoms with Crippen LogP contribution in [-0.4, -0.2) is 109 Å². The molecule has 0 radical (unpaired) electrons. The van der Waals surface area contributed by atoms with Gasteiger partial charge in [-0.15, -0.1) is 0 Å². The van der Waals surface area contributed by atoms with Gasteiger partial charge in [0.25, 0.3) is 0 Å². The van der Waals surface area contributed by atoms with Crippen LogP contribution >= 0.6 is 0 Å². The van der Waals surface area contributed by atoms with E-state index in [-0.39, 0.29) is 12.0 Å². The average Bonchev–Trinajstić information content (AvgIpc) is 3.32. The molecule has 5 aliphatic rings. The summed E-state index contributed by atoms with van der Waals surface area (Å²) in [6.45, 7) is 8.65. The Hall–Kier alpha value is -2.37. The molecule has 4 heterocycles. The highest BCUT2D eigenvalue weighted by Crippen LogP contribution is 2.37. The molecule has 43 heavy (non-hydrogen) atoms. The highest BCUT2D eigenvalue weighted by atomic mass is 19.4. The summed E-state index contributed by atoms with van der Waals surface area (Å²) in [4.78, 5) is 34.9. The quantitative estimate of drug-likeness (QED) is 0.471. The predicted molar refractivity (Wildman–Crippen MR) is 154 cm³/mol. The van der Waals surface area contributed by atoms with Crippen LogP contribution in [0.2, 0.25) is 0 Å². The molecule has 4 saturated heterocycles. The van der Waals surface area contributed by atoms with Crippen molar-refractivity contribution in [2.24, 2.45) is 11.8 Å². The van der Waals surface area contributed by atoms with Crippen LogP contribution in [0.4, 0.5) is 18.0 Å². The van der Waals surface area contributed by atoms with Gasteiger partial charge in [0.05, 0.1) is 25.3 Å². The fraction of sp³-hybridized carbons (Fsp3) is 0.750. The molecule has 1 aromatic rings. The molecule has 0 atom stereocenters. The number of halogens is 3. The summed E-state index contributed by atoms with van der Waals surface area (Å²) in [5, 5.41) is 0. The third-order valence-electron chi connectivity index (χ3n) is 10.5. The van der Waals surface area contributed by atoms with Crippen molar-refractivity contribution in [2.75, 3.05) is 65.6 Å². The third kappa shape index (κ3) is 7.31. The van der Waals surface area contributed by atoms with E-state index in [9.17, 15) is 22.8 Å². The topological polar surface area (TPSA) is 65.6 Å². The number of carbonyl (C=O) groups is 2. The number of hydrogen-bond acceptors (Lipinski definition) is 6. The molecule has 238 valence electrons. The number of piperidine rings is 2. The fourth-order valence-electron chi connectivity index (χ4n) is 7.83. The molecule has 0 N–H and O–H groups in total. The van der Waals surface area contributed by atoms with E-state index in [0.717, 1.165) is 122 Å². The van der Waals surface area contributed by atoms with Crippen molar-refractivity contribution < 1.29 is 32.2 Å². The molecule has 0 bridgehead atoms. The number of hydrogen-bond donors (Lipinski definition) is 0. The summed E-state index contributed by atoms with van der Waals surface area (Å²) < 4.78 is 50.0. The monoisotopic (exact) mass is 606 g/mol. The highest BCUT2D eigenvalue weighted by Gasteiger charge is 2.47. The van der Waals surface area contributed by atoms with Crippen LogP contribution in [0.25, 0.3) is 0 Å². The van der Waals surface area contributed by atoms with E-state index in [0.29, 0.717) is 37.5 Å². The van der Waals surface area contributed by atoms with Gasteiger partial charge >= 0.3 is 12.3 Å².